The summed E-state index contributed by atoms with van der Waals surface area (Å²) in [6.07, 6.45) is 5.21. The molecule has 0 aliphatic carbocycles. The van der Waals surface area contributed by atoms with Crippen LogP contribution in [0.4, 0.5) is 5.69 Å². The maximum absolute atomic E-state index is 10.9. The number of aromatic hydroxyl groups is 1. The minimum atomic E-state index is -0.287. The van der Waals surface area contributed by atoms with Gasteiger partial charge in [-0.05, 0) is 48.4 Å². The Morgan fingerprint density at radius 3 is 2.67 bits per heavy atom. The number of halogens is 1. The van der Waals surface area contributed by atoms with Gasteiger partial charge in [0.2, 0.25) is 0 Å². The number of hydrogen-bond donors (Lipinski definition) is 2. The predicted molar refractivity (Wildman–Crippen MR) is 109 cm³/mol. The lowest BCUT2D eigenvalue weighted by Crippen LogP contribution is -2.14. The van der Waals surface area contributed by atoms with Crippen molar-refractivity contribution in [1.82, 2.24) is 9.97 Å². The predicted octanol–water partition coefficient (Wildman–Crippen LogP) is 5.50. The highest BCUT2D eigenvalue weighted by Crippen LogP contribution is 2.36. The van der Waals surface area contributed by atoms with Crippen molar-refractivity contribution in [2.24, 2.45) is 0 Å². The van der Waals surface area contributed by atoms with Crippen LogP contribution >= 0.6 is 11.6 Å². The average molecular weight is 376 g/mol. The van der Waals surface area contributed by atoms with Gasteiger partial charge in [0.15, 0.2) is 0 Å². The summed E-state index contributed by atoms with van der Waals surface area (Å²) in [7, 11) is 0. The largest absolute Gasteiger partial charge is 0.505 e. The molecule has 0 spiro atoms. The number of aromatic nitrogens is 2. The zero-order valence-corrected chi connectivity index (χ0v) is 15.5. The molecule has 27 heavy (non-hydrogen) atoms. The zero-order valence-electron chi connectivity index (χ0n) is 14.7. The Morgan fingerprint density at radius 2 is 1.89 bits per heavy atom. The molecule has 0 aliphatic rings. The standard InChI is InChI=1S/C22H18ClN3O/c1-14-12-17(23)7-9-19(14)26-20(16-5-2-10-24-13-16)18-8-6-15-4-3-11-25-21(15)22(18)27/h2-13,20,26-27H,1H3/t20-/m0/s1. The van der Waals surface area contributed by atoms with Crippen molar-refractivity contribution in [3.63, 3.8) is 0 Å². The molecule has 2 N–H and O–H groups in total. The van der Waals surface area contributed by atoms with Gasteiger partial charge >= 0.3 is 0 Å². The molecule has 0 unspecified atom stereocenters. The molecule has 0 saturated heterocycles. The number of nitrogens with one attached hydrogen (secondary N) is 1. The number of nitrogens with zero attached hydrogens (tertiary/aromatic N) is 2. The lowest BCUT2D eigenvalue weighted by Gasteiger charge is -2.23. The van der Waals surface area contributed by atoms with Gasteiger partial charge in [0.05, 0.1) is 6.04 Å². The van der Waals surface area contributed by atoms with Gasteiger partial charge in [0.1, 0.15) is 11.3 Å². The maximum Gasteiger partial charge on any atom is 0.147 e. The van der Waals surface area contributed by atoms with Gasteiger partial charge in [-0.25, -0.2) is 0 Å². The van der Waals surface area contributed by atoms with E-state index in [0.29, 0.717) is 10.5 Å². The Hall–Kier alpha value is -3.11. The summed E-state index contributed by atoms with van der Waals surface area (Å²) in [5, 5.41) is 16.0. The minimum absolute atomic E-state index is 0.168. The molecule has 5 heteroatoms. The highest BCUT2D eigenvalue weighted by Gasteiger charge is 2.20. The molecule has 4 rings (SSSR count). The van der Waals surface area contributed by atoms with Gasteiger partial charge in [0, 0.05) is 40.3 Å². The van der Waals surface area contributed by atoms with E-state index in [0.717, 1.165) is 27.8 Å². The number of pyridine rings is 2. The van der Waals surface area contributed by atoms with Crippen LogP contribution in [0.1, 0.15) is 22.7 Å². The third-order valence-electron chi connectivity index (χ3n) is 4.60. The molecule has 4 aromatic rings. The van der Waals surface area contributed by atoms with Crippen LogP contribution in [0.5, 0.6) is 5.75 Å². The normalized spacial score (nSPS) is 12.1. The number of fused-ring (bicyclic) bond motifs is 1. The molecule has 0 bridgehead atoms. The first kappa shape index (κ1) is 17.3. The molecule has 2 aromatic heterocycles. The van der Waals surface area contributed by atoms with Crippen LogP contribution < -0.4 is 5.32 Å². The van der Waals surface area contributed by atoms with Crippen LogP contribution in [0.25, 0.3) is 10.9 Å². The van der Waals surface area contributed by atoms with Crippen LogP contribution in [-0.2, 0) is 0 Å². The lowest BCUT2D eigenvalue weighted by molar-refractivity contribution is 0.471. The second kappa shape index (κ2) is 7.25. The molecular formula is C22H18ClN3O. The fraction of sp³-hybridized carbons (Fsp3) is 0.0909. The van der Waals surface area contributed by atoms with E-state index in [-0.39, 0.29) is 11.8 Å². The maximum atomic E-state index is 10.9. The summed E-state index contributed by atoms with van der Waals surface area (Å²) in [5.41, 5.74) is 4.23. The van der Waals surface area contributed by atoms with Crippen molar-refractivity contribution in [3.8, 4) is 5.75 Å². The third-order valence-corrected chi connectivity index (χ3v) is 4.83. The topological polar surface area (TPSA) is 58.0 Å². The fourth-order valence-electron chi connectivity index (χ4n) is 3.21. The van der Waals surface area contributed by atoms with Gasteiger partial charge in [-0.3, -0.25) is 9.97 Å². The lowest BCUT2D eigenvalue weighted by atomic mass is 9.96. The molecule has 0 saturated carbocycles. The Bertz CT molecular complexity index is 1100. The number of phenolic OH excluding ortho intramolecular Hbond substituents is 1. The second-order valence-corrected chi connectivity index (χ2v) is 6.84. The van der Waals surface area contributed by atoms with Crippen molar-refractivity contribution < 1.29 is 5.11 Å². The Labute approximate surface area is 162 Å². The molecule has 2 heterocycles. The van der Waals surface area contributed by atoms with Gasteiger partial charge in [-0.1, -0.05) is 35.9 Å². The quantitative estimate of drug-likeness (QED) is 0.494. The van der Waals surface area contributed by atoms with Gasteiger partial charge < -0.3 is 10.4 Å². The molecule has 4 nitrogen and oxygen atoms in total. The number of phenols is 1. The summed E-state index contributed by atoms with van der Waals surface area (Å²) >= 11 is 6.09. The second-order valence-electron chi connectivity index (χ2n) is 6.40. The van der Waals surface area contributed by atoms with Gasteiger partial charge in [-0.15, -0.1) is 0 Å². The van der Waals surface area contributed by atoms with Crippen molar-refractivity contribution in [2.45, 2.75) is 13.0 Å². The minimum Gasteiger partial charge on any atom is -0.505 e. The molecule has 0 radical (unpaired) electrons. The molecule has 0 amide bonds. The first-order valence-corrected chi connectivity index (χ1v) is 9.00. The molecule has 2 aromatic carbocycles. The van der Waals surface area contributed by atoms with E-state index in [9.17, 15) is 5.11 Å². The van der Waals surface area contributed by atoms with E-state index in [2.05, 4.69) is 15.3 Å². The summed E-state index contributed by atoms with van der Waals surface area (Å²) < 4.78 is 0. The van der Waals surface area contributed by atoms with E-state index < -0.39 is 0 Å². The summed E-state index contributed by atoms with van der Waals surface area (Å²) in [6, 6.07) is 17.0. The van der Waals surface area contributed by atoms with Crippen molar-refractivity contribution in [2.75, 3.05) is 5.32 Å². The number of rotatable bonds is 4. The zero-order chi connectivity index (χ0) is 18.8. The number of aryl methyl sites for hydroxylation is 1. The molecular weight excluding hydrogens is 358 g/mol. The van der Waals surface area contributed by atoms with E-state index in [1.54, 1.807) is 18.6 Å². The average Bonchev–Trinajstić information content (AvgIpc) is 2.69. The summed E-state index contributed by atoms with van der Waals surface area (Å²) in [4.78, 5) is 8.59. The van der Waals surface area contributed by atoms with E-state index >= 15 is 0 Å². The summed E-state index contributed by atoms with van der Waals surface area (Å²) in [6.45, 7) is 2.00. The molecule has 0 aliphatic heterocycles. The van der Waals surface area contributed by atoms with Crippen LogP contribution in [-0.4, -0.2) is 15.1 Å². The van der Waals surface area contributed by atoms with Crippen molar-refractivity contribution in [1.29, 1.82) is 0 Å². The van der Waals surface area contributed by atoms with Crippen molar-refractivity contribution >= 4 is 28.2 Å². The summed E-state index contributed by atoms with van der Waals surface area (Å²) in [5.74, 6) is 0.168. The molecule has 134 valence electrons. The van der Waals surface area contributed by atoms with Crippen LogP contribution in [0.2, 0.25) is 5.02 Å². The number of anilines is 1. The Kier molecular flexibility index (Phi) is 4.65. The van der Waals surface area contributed by atoms with E-state index in [1.165, 1.54) is 0 Å². The van der Waals surface area contributed by atoms with E-state index in [4.69, 9.17) is 11.6 Å². The Balaban J connectivity index is 1.85. The van der Waals surface area contributed by atoms with Crippen LogP contribution in [0, 0.1) is 6.92 Å². The molecule has 0 fully saturated rings. The van der Waals surface area contributed by atoms with Gasteiger partial charge in [-0.2, -0.15) is 0 Å². The fourth-order valence-corrected chi connectivity index (χ4v) is 3.44. The Morgan fingerprint density at radius 1 is 1.04 bits per heavy atom. The van der Waals surface area contributed by atoms with Crippen LogP contribution in [0.15, 0.2) is 73.2 Å². The van der Waals surface area contributed by atoms with Gasteiger partial charge in [0.25, 0.3) is 0 Å². The third kappa shape index (κ3) is 3.44. The number of benzene rings is 2. The van der Waals surface area contributed by atoms with Crippen molar-refractivity contribution in [3.05, 3.63) is 94.9 Å². The first-order valence-electron chi connectivity index (χ1n) is 8.62. The van der Waals surface area contributed by atoms with E-state index in [1.807, 2.05) is 61.5 Å². The first-order chi connectivity index (χ1) is 13.1. The molecule has 1 atom stereocenters. The van der Waals surface area contributed by atoms with Crippen LogP contribution in [0.3, 0.4) is 0 Å². The smallest absolute Gasteiger partial charge is 0.147 e. The monoisotopic (exact) mass is 375 g/mol. The highest BCUT2D eigenvalue weighted by molar-refractivity contribution is 6.30. The number of hydrogen-bond acceptors (Lipinski definition) is 4. The SMILES string of the molecule is Cc1cc(Cl)ccc1N[C@@H](c1cccnc1)c1ccc2cccnc2c1O. The highest BCUT2D eigenvalue weighted by atomic mass is 35.5.